The number of allylic oxidation sites excluding steroid dienone is 1. The summed E-state index contributed by atoms with van der Waals surface area (Å²) in [6.07, 6.45) is 1.40. The molecule has 0 spiro atoms. The first-order chi connectivity index (χ1) is 18.6. The molecule has 3 fully saturated rings. The fraction of sp³-hybridized carbons (Fsp3) is 0.692. The predicted octanol–water partition coefficient (Wildman–Crippen LogP) is 0.404. The minimum Gasteiger partial charge on any atom is -0.465 e. The number of hydrogen-bond donors (Lipinski definition) is 5. The summed E-state index contributed by atoms with van der Waals surface area (Å²) in [5.41, 5.74) is -1.57. The summed E-state index contributed by atoms with van der Waals surface area (Å²) >= 11 is 0. The third-order valence-corrected chi connectivity index (χ3v) is 10.1. The first-order valence-corrected chi connectivity index (χ1v) is 14.8. The van der Waals surface area contributed by atoms with Gasteiger partial charge in [0.2, 0.25) is 21.8 Å². The molecule has 224 valence electrons. The van der Waals surface area contributed by atoms with Gasteiger partial charge in [-0.2, -0.15) is 0 Å². The Hall–Kier alpha value is -2.97. The zero-order valence-corrected chi connectivity index (χ0v) is 23.9. The van der Waals surface area contributed by atoms with Crippen LogP contribution in [0.4, 0.5) is 4.79 Å². The number of sulfonamides is 1. The van der Waals surface area contributed by atoms with Crippen LogP contribution < -0.4 is 15.4 Å². The third kappa shape index (κ3) is 6.66. The number of hydrogen-bond acceptors (Lipinski definition) is 8. The van der Waals surface area contributed by atoms with Crippen molar-refractivity contribution in [3.63, 3.8) is 0 Å². The summed E-state index contributed by atoms with van der Waals surface area (Å²) in [5, 5.41) is 24.5. The maximum Gasteiger partial charge on any atom is 0.405 e. The summed E-state index contributed by atoms with van der Waals surface area (Å²) < 4.78 is 32.2. The van der Waals surface area contributed by atoms with Gasteiger partial charge in [0.25, 0.3) is 5.91 Å². The van der Waals surface area contributed by atoms with E-state index in [2.05, 4.69) is 28.5 Å². The summed E-state index contributed by atoms with van der Waals surface area (Å²) in [5.74, 6) is -2.99. The molecule has 40 heavy (non-hydrogen) atoms. The van der Waals surface area contributed by atoms with E-state index >= 15 is 0 Å². The van der Waals surface area contributed by atoms with Crippen LogP contribution in [0.1, 0.15) is 59.3 Å². The van der Waals surface area contributed by atoms with Gasteiger partial charge in [-0.15, -0.1) is 13.2 Å². The van der Waals surface area contributed by atoms with Crippen molar-refractivity contribution in [1.82, 2.24) is 20.3 Å². The van der Waals surface area contributed by atoms with Gasteiger partial charge in [-0.05, 0) is 52.9 Å². The fourth-order valence-corrected chi connectivity index (χ4v) is 6.29. The zero-order valence-electron chi connectivity index (χ0n) is 23.1. The monoisotopic (exact) mass is 584 g/mol. The van der Waals surface area contributed by atoms with E-state index in [4.69, 9.17) is 4.74 Å². The van der Waals surface area contributed by atoms with Crippen LogP contribution in [0.2, 0.25) is 0 Å². The lowest BCUT2D eigenvalue weighted by Crippen LogP contribution is -2.60. The van der Waals surface area contributed by atoms with Gasteiger partial charge in [-0.25, -0.2) is 13.2 Å². The molecule has 1 saturated heterocycles. The van der Waals surface area contributed by atoms with Crippen molar-refractivity contribution >= 4 is 33.8 Å². The molecule has 0 radical (unpaired) electrons. The van der Waals surface area contributed by atoms with Crippen LogP contribution in [0.15, 0.2) is 25.3 Å². The molecular formula is C26H40N4O9S. The highest BCUT2D eigenvalue weighted by molar-refractivity contribution is 7.91. The van der Waals surface area contributed by atoms with E-state index in [-0.39, 0.29) is 25.5 Å². The van der Waals surface area contributed by atoms with Crippen molar-refractivity contribution in [1.29, 1.82) is 0 Å². The minimum absolute atomic E-state index is 0.111. The summed E-state index contributed by atoms with van der Waals surface area (Å²) in [6, 6.07) is -2.62. The molecule has 14 heteroatoms. The van der Waals surface area contributed by atoms with Crippen molar-refractivity contribution in [3.8, 4) is 0 Å². The third-order valence-electron chi connectivity index (χ3n) is 7.98. The summed E-state index contributed by atoms with van der Waals surface area (Å²) in [7, 11) is -3.97. The van der Waals surface area contributed by atoms with E-state index in [1.807, 2.05) is 0 Å². The second-order valence-corrected chi connectivity index (χ2v) is 13.4. The molecule has 0 aromatic rings. The van der Waals surface area contributed by atoms with Gasteiger partial charge in [0.05, 0.1) is 23.1 Å². The highest BCUT2D eigenvalue weighted by atomic mass is 32.2. The van der Waals surface area contributed by atoms with Gasteiger partial charge < -0.3 is 30.5 Å². The van der Waals surface area contributed by atoms with Crippen LogP contribution in [0.5, 0.6) is 0 Å². The number of carbonyl (C=O) groups excluding carboxylic acids is 3. The Bertz CT molecular complexity index is 1150. The molecule has 3 rings (SSSR count). The molecule has 0 unspecified atom stereocenters. The molecular weight excluding hydrogens is 544 g/mol. The first kappa shape index (κ1) is 31.6. The van der Waals surface area contributed by atoms with E-state index in [0.717, 1.165) is 4.90 Å². The zero-order chi connectivity index (χ0) is 30.0. The number of carbonyl (C=O) groups is 4. The first-order valence-electron chi connectivity index (χ1n) is 13.4. The number of nitrogens with one attached hydrogen (secondary N) is 3. The molecule has 4 amide bonds. The average Bonchev–Trinajstić information content (AvgIpc) is 3.76. The smallest absolute Gasteiger partial charge is 0.405 e. The van der Waals surface area contributed by atoms with Crippen molar-refractivity contribution < 1.29 is 42.5 Å². The Labute approximate surface area is 234 Å². The summed E-state index contributed by atoms with van der Waals surface area (Å²) in [4.78, 5) is 52.7. The number of amides is 4. The van der Waals surface area contributed by atoms with Crippen LogP contribution in [-0.4, -0.2) is 94.6 Å². The number of nitrogens with zero attached hydrogens (tertiary/aromatic N) is 1. The topological polar surface area (TPSA) is 191 Å². The number of carboxylic acid groups (broad SMARTS) is 1. The lowest BCUT2D eigenvalue weighted by molar-refractivity contribution is -0.144. The van der Waals surface area contributed by atoms with Crippen LogP contribution >= 0.6 is 0 Å². The number of rotatable bonds is 14. The lowest BCUT2D eigenvalue weighted by Gasteiger charge is -2.32. The van der Waals surface area contributed by atoms with E-state index in [1.165, 1.54) is 19.9 Å². The quantitative estimate of drug-likeness (QED) is 0.180. The predicted molar refractivity (Wildman–Crippen MR) is 144 cm³/mol. The van der Waals surface area contributed by atoms with Crippen molar-refractivity contribution in [2.45, 2.75) is 100.0 Å². The minimum atomic E-state index is -3.97. The van der Waals surface area contributed by atoms with Gasteiger partial charge in [0.1, 0.15) is 17.6 Å². The van der Waals surface area contributed by atoms with E-state index < -0.39 is 74.3 Å². The van der Waals surface area contributed by atoms with Crippen molar-refractivity contribution in [2.75, 3.05) is 6.54 Å². The van der Waals surface area contributed by atoms with Crippen molar-refractivity contribution in [3.05, 3.63) is 25.3 Å². The highest BCUT2D eigenvalue weighted by Gasteiger charge is 2.63. The van der Waals surface area contributed by atoms with Gasteiger partial charge >= 0.3 is 6.09 Å². The Morgan fingerprint density at radius 1 is 1.20 bits per heavy atom. The molecule has 0 aromatic heterocycles. The Morgan fingerprint density at radius 3 is 2.38 bits per heavy atom. The number of ether oxygens (including phenoxy) is 1. The Kier molecular flexibility index (Phi) is 9.36. The fourth-order valence-electron chi connectivity index (χ4n) is 4.98. The van der Waals surface area contributed by atoms with Gasteiger partial charge in [-0.1, -0.05) is 12.2 Å². The van der Waals surface area contributed by atoms with Crippen LogP contribution in [0.25, 0.3) is 0 Å². The molecule has 2 aliphatic carbocycles. The molecule has 0 bridgehead atoms. The average molecular weight is 585 g/mol. The molecule has 2 saturated carbocycles. The van der Waals surface area contributed by atoms with Crippen molar-refractivity contribution in [2.24, 2.45) is 5.92 Å². The molecule has 13 nitrogen and oxygen atoms in total. The van der Waals surface area contributed by atoms with E-state index in [1.54, 1.807) is 13.0 Å². The standard InChI is InChI=1S/C26H40N4O9S/c1-6-8-9-15(3)39-16(4)20(27-24(35)36)22(33)30-14-18(31)12-19(30)21(32)28-26(13-17(26)7-2)23(34)29-40(37,38)25(5)10-11-25/h6-7,15-20,27,31H,1-2,8-14H2,3-5H3,(H,28,32)(H,29,34)(H,35,36)/t15-,16+,17-,18-,19+,20+,26-/m1/s1. The molecule has 0 aromatic carbocycles. The Morgan fingerprint density at radius 2 is 1.85 bits per heavy atom. The molecule has 1 heterocycles. The second-order valence-electron chi connectivity index (χ2n) is 11.2. The van der Waals surface area contributed by atoms with E-state index in [9.17, 15) is 37.8 Å². The SMILES string of the molecule is C=CCC[C@@H](C)O[C@@H](C)[C@H](NC(=O)O)C(=O)N1C[C@H](O)C[C@H]1C(=O)N[C@]1(C(=O)NS(=O)(=O)C2(C)CC2)C[C@H]1C=C. The molecule has 5 N–H and O–H groups in total. The maximum absolute atomic E-state index is 13.6. The van der Waals surface area contributed by atoms with Gasteiger partial charge in [-0.3, -0.25) is 19.1 Å². The number of aliphatic hydroxyl groups is 1. The Balaban J connectivity index is 1.77. The highest BCUT2D eigenvalue weighted by Crippen LogP contribution is 2.47. The van der Waals surface area contributed by atoms with Crippen LogP contribution in [0, 0.1) is 5.92 Å². The molecule has 3 aliphatic rings. The molecule has 1 aliphatic heterocycles. The second kappa shape index (κ2) is 11.9. The normalized spacial score (nSPS) is 28.9. The largest absolute Gasteiger partial charge is 0.465 e. The molecule has 7 atom stereocenters. The van der Waals surface area contributed by atoms with E-state index in [0.29, 0.717) is 25.7 Å². The van der Waals surface area contributed by atoms with Gasteiger partial charge in [0.15, 0.2) is 0 Å². The van der Waals surface area contributed by atoms with Crippen LogP contribution in [-0.2, 0) is 29.1 Å². The maximum atomic E-state index is 13.6. The number of aliphatic hydroxyl groups excluding tert-OH is 1. The number of likely N-dealkylation sites (tertiary alicyclic amines) is 1. The van der Waals surface area contributed by atoms with Gasteiger partial charge in [0, 0.05) is 18.9 Å². The summed E-state index contributed by atoms with van der Waals surface area (Å²) in [6.45, 7) is 11.9. The lowest BCUT2D eigenvalue weighted by atomic mass is 10.1. The van der Waals surface area contributed by atoms with Crippen LogP contribution in [0.3, 0.4) is 0 Å². The number of β-amino-alcohol motifs (C(OH)–C–C–N with tert-alkyl or cyclic N) is 1.